The van der Waals surface area contributed by atoms with E-state index in [1.165, 1.54) is 13.1 Å². The van der Waals surface area contributed by atoms with E-state index in [0.29, 0.717) is 17.1 Å². The standard InChI is InChI=1S/C14H16N4O3S/c1-10-6-7-11(17-13-5-3-4-8-16-13)9-12(10)22(20,21)18-14(19)15-2/h3-9H,1-2H3,(H,16,17)(H2,15,18,19). The van der Waals surface area contributed by atoms with Crippen LogP contribution in [0.4, 0.5) is 16.3 Å². The molecule has 8 heteroatoms. The SMILES string of the molecule is CNC(=O)NS(=O)(=O)c1cc(Nc2ccccn2)ccc1C. The van der Waals surface area contributed by atoms with Gasteiger partial charge >= 0.3 is 6.03 Å². The van der Waals surface area contributed by atoms with Crippen molar-refractivity contribution in [3.8, 4) is 0 Å². The topological polar surface area (TPSA) is 100 Å². The van der Waals surface area contributed by atoms with Crippen LogP contribution in [0.5, 0.6) is 0 Å². The van der Waals surface area contributed by atoms with E-state index >= 15 is 0 Å². The highest BCUT2D eigenvalue weighted by Crippen LogP contribution is 2.22. The lowest BCUT2D eigenvalue weighted by Crippen LogP contribution is -2.37. The number of carbonyl (C=O) groups is 1. The second-order valence-electron chi connectivity index (χ2n) is 4.50. The molecule has 0 radical (unpaired) electrons. The average Bonchev–Trinajstić information content (AvgIpc) is 2.49. The predicted molar refractivity (Wildman–Crippen MR) is 83.5 cm³/mol. The van der Waals surface area contributed by atoms with Crippen LogP contribution >= 0.6 is 0 Å². The minimum absolute atomic E-state index is 0.0250. The summed E-state index contributed by atoms with van der Waals surface area (Å²) in [6, 6.07) is 9.42. The fourth-order valence-corrected chi connectivity index (χ4v) is 3.01. The van der Waals surface area contributed by atoms with Crippen LogP contribution in [-0.2, 0) is 10.0 Å². The maximum absolute atomic E-state index is 12.2. The Morgan fingerprint density at radius 3 is 2.59 bits per heavy atom. The van der Waals surface area contributed by atoms with Crippen molar-refractivity contribution in [2.24, 2.45) is 0 Å². The van der Waals surface area contributed by atoms with Crippen molar-refractivity contribution in [1.29, 1.82) is 0 Å². The Bertz CT molecular complexity index is 776. The van der Waals surface area contributed by atoms with Gasteiger partial charge in [0.2, 0.25) is 0 Å². The number of benzene rings is 1. The van der Waals surface area contributed by atoms with E-state index in [1.807, 2.05) is 10.8 Å². The Morgan fingerprint density at radius 1 is 1.18 bits per heavy atom. The molecule has 1 aromatic carbocycles. The smallest absolute Gasteiger partial charge is 0.328 e. The summed E-state index contributed by atoms with van der Waals surface area (Å²) in [7, 11) is -2.60. The number of nitrogens with one attached hydrogen (secondary N) is 3. The van der Waals surface area contributed by atoms with Gasteiger partial charge in [-0.3, -0.25) is 0 Å². The first-order chi connectivity index (χ1) is 10.4. The molecular formula is C14H16N4O3S. The summed E-state index contributed by atoms with van der Waals surface area (Å²) in [5, 5.41) is 5.22. The Balaban J connectivity index is 2.33. The first kappa shape index (κ1) is 15.8. The summed E-state index contributed by atoms with van der Waals surface area (Å²) >= 11 is 0. The van der Waals surface area contributed by atoms with E-state index in [0.717, 1.165) is 0 Å². The number of aryl methyl sites for hydroxylation is 1. The fourth-order valence-electron chi connectivity index (χ4n) is 1.78. The number of nitrogens with zero attached hydrogens (tertiary/aromatic N) is 1. The van der Waals surface area contributed by atoms with Crippen molar-refractivity contribution >= 4 is 27.6 Å². The number of hydrogen-bond donors (Lipinski definition) is 3. The monoisotopic (exact) mass is 320 g/mol. The quantitative estimate of drug-likeness (QED) is 0.797. The van der Waals surface area contributed by atoms with Gasteiger partial charge in [0.05, 0.1) is 4.90 Å². The molecule has 0 fully saturated rings. The molecule has 2 rings (SSSR count). The third kappa shape index (κ3) is 3.73. The molecule has 0 saturated carbocycles. The maximum Gasteiger partial charge on any atom is 0.328 e. The minimum atomic E-state index is -3.94. The van der Waals surface area contributed by atoms with Gasteiger partial charge in [-0.15, -0.1) is 0 Å². The first-order valence-corrected chi connectivity index (χ1v) is 7.94. The largest absolute Gasteiger partial charge is 0.340 e. The molecular weight excluding hydrogens is 304 g/mol. The van der Waals surface area contributed by atoms with Crippen LogP contribution in [0.25, 0.3) is 0 Å². The third-order valence-corrected chi connectivity index (χ3v) is 4.34. The minimum Gasteiger partial charge on any atom is -0.340 e. The van der Waals surface area contributed by atoms with Crippen LogP contribution in [0.1, 0.15) is 5.56 Å². The van der Waals surface area contributed by atoms with E-state index in [2.05, 4.69) is 15.6 Å². The summed E-state index contributed by atoms with van der Waals surface area (Å²) in [6.07, 6.45) is 1.63. The number of urea groups is 1. The van der Waals surface area contributed by atoms with E-state index in [9.17, 15) is 13.2 Å². The van der Waals surface area contributed by atoms with Gasteiger partial charge in [0.25, 0.3) is 10.0 Å². The van der Waals surface area contributed by atoms with Crippen LogP contribution in [0.3, 0.4) is 0 Å². The highest BCUT2D eigenvalue weighted by atomic mass is 32.2. The molecule has 0 bridgehead atoms. The number of pyridine rings is 1. The van der Waals surface area contributed by atoms with Crippen LogP contribution in [-0.4, -0.2) is 26.5 Å². The fraction of sp³-hybridized carbons (Fsp3) is 0.143. The molecule has 0 aliphatic heterocycles. The van der Waals surface area contributed by atoms with Gasteiger partial charge < -0.3 is 10.6 Å². The van der Waals surface area contributed by atoms with Gasteiger partial charge in [0.15, 0.2) is 0 Å². The molecule has 0 spiro atoms. The number of sulfonamides is 1. The number of amides is 2. The maximum atomic E-state index is 12.2. The van der Waals surface area contributed by atoms with E-state index in [1.54, 1.807) is 37.4 Å². The lowest BCUT2D eigenvalue weighted by molar-refractivity contribution is 0.248. The van der Waals surface area contributed by atoms with Crippen LogP contribution < -0.4 is 15.4 Å². The molecule has 0 atom stereocenters. The van der Waals surface area contributed by atoms with Crippen LogP contribution in [0, 0.1) is 6.92 Å². The lowest BCUT2D eigenvalue weighted by Gasteiger charge is -2.12. The van der Waals surface area contributed by atoms with Gasteiger partial charge in [0.1, 0.15) is 5.82 Å². The summed E-state index contributed by atoms with van der Waals surface area (Å²) < 4.78 is 26.4. The van der Waals surface area contributed by atoms with Crippen LogP contribution in [0.15, 0.2) is 47.5 Å². The van der Waals surface area contributed by atoms with Gasteiger partial charge in [0, 0.05) is 18.9 Å². The summed E-state index contributed by atoms with van der Waals surface area (Å²) in [5.41, 5.74) is 1.09. The molecule has 0 aliphatic carbocycles. The molecule has 0 aliphatic rings. The van der Waals surface area contributed by atoms with E-state index in [-0.39, 0.29) is 4.90 Å². The summed E-state index contributed by atoms with van der Waals surface area (Å²) in [5.74, 6) is 0.592. The van der Waals surface area contributed by atoms with E-state index in [4.69, 9.17) is 0 Å². The molecule has 1 aromatic heterocycles. The van der Waals surface area contributed by atoms with Gasteiger partial charge in [-0.1, -0.05) is 12.1 Å². The van der Waals surface area contributed by atoms with Gasteiger partial charge in [-0.25, -0.2) is 22.9 Å². The molecule has 3 N–H and O–H groups in total. The second-order valence-corrected chi connectivity index (χ2v) is 6.16. The molecule has 22 heavy (non-hydrogen) atoms. The number of hydrogen-bond acceptors (Lipinski definition) is 5. The molecule has 7 nitrogen and oxygen atoms in total. The second kappa shape index (κ2) is 6.44. The van der Waals surface area contributed by atoms with Crippen LogP contribution in [0.2, 0.25) is 0 Å². The number of aromatic nitrogens is 1. The molecule has 1 heterocycles. The van der Waals surface area contributed by atoms with Crippen molar-refractivity contribution in [1.82, 2.24) is 15.0 Å². The Hall–Kier alpha value is -2.61. The molecule has 2 amide bonds. The Kier molecular flexibility index (Phi) is 4.62. The Labute approximate surface area is 128 Å². The van der Waals surface area contributed by atoms with Gasteiger partial charge in [-0.2, -0.15) is 0 Å². The van der Waals surface area contributed by atoms with Crippen molar-refractivity contribution in [2.75, 3.05) is 12.4 Å². The van der Waals surface area contributed by atoms with Crippen molar-refractivity contribution < 1.29 is 13.2 Å². The molecule has 2 aromatic rings. The zero-order valence-corrected chi connectivity index (χ0v) is 12.9. The number of anilines is 2. The summed E-state index contributed by atoms with van der Waals surface area (Å²) in [6.45, 7) is 1.66. The molecule has 0 saturated heterocycles. The summed E-state index contributed by atoms with van der Waals surface area (Å²) in [4.78, 5) is 15.4. The van der Waals surface area contributed by atoms with Crippen molar-refractivity contribution in [2.45, 2.75) is 11.8 Å². The highest BCUT2D eigenvalue weighted by Gasteiger charge is 2.19. The highest BCUT2D eigenvalue weighted by molar-refractivity contribution is 7.90. The zero-order valence-electron chi connectivity index (χ0n) is 12.1. The van der Waals surface area contributed by atoms with Gasteiger partial charge in [-0.05, 0) is 36.8 Å². The van der Waals surface area contributed by atoms with Crippen molar-refractivity contribution in [3.63, 3.8) is 0 Å². The predicted octanol–water partition coefficient (Wildman–Crippen LogP) is 1.75. The normalized spacial score (nSPS) is 10.8. The number of carbonyl (C=O) groups excluding carboxylic acids is 1. The number of rotatable bonds is 4. The van der Waals surface area contributed by atoms with E-state index < -0.39 is 16.1 Å². The zero-order chi connectivity index (χ0) is 16.2. The third-order valence-electron chi connectivity index (χ3n) is 2.87. The first-order valence-electron chi connectivity index (χ1n) is 6.45. The molecule has 0 unspecified atom stereocenters. The lowest BCUT2D eigenvalue weighted by atomic mass is 10.2. The van der Waals surface area contributed by atoms with Crippen molar-refractivity contribution in [3.05, 3.63) is 48.2 Å². The Morgan fingerprint density at radius 2 is 1.95 bits per heavy atom. The average molecular weight is 320 g/mol. The molecule has 116 valence electrons.